The van der Waals surface area contributed by atoms with E-state index in [0.717, 1.165) is 5.69 Å². The Morgan fingerprint density at radius 3 is 2.42 bits per heavy atom. The van der Waals surface area contributed by atoms with E-state index in [0.29, 0.717) is 0 Å². The van der Waals surface area contributed by atoms with Crippen LogP contribution < -0.4 is 0 Å². The summed E-state index contributed by atoms with van der Waals surface area (Å²) < 4.78 is 4.03. The highest BCUT2D eigenvalue weighted by Gasteiger charge is 2.21. The normalized spacial score (nSPS) is 12.5. The molecule has 31 heavy (non-hydrogen) atoms. The lowest BCUT2D eigenvalue weighted by Gasteiger charge is -2.23. The maximum Gasteiger partial charge on any atom is 0.0795 e. The van der Waals surface area contributed by atoms with Crippen LogP contribution in [-0.2, 0) is 5.41 Å². The number of benzene rings is 3. The number of hydrogen-bond donors (Lipinski definition) is 0. The average molecular weight is 438 g/mol. The number of fused-ring (bicyclic) bond motifs is 6. The number of rotatable bonds is 1. The molecule has 0 spiro atoms. The average Bonchev–Trinajstić information content (AvgIpc) is 3.31. The zero-order valence-electron chi connectivity index (χ0n) is 18.1. The Kier molecular flexibility index (Phi) is 4.05. The van der Waals surface area contributed by atoms with Gasteiger partial charge in [0.15, 0.2) is 0 Å². The standard InChI is InChI=1S/C28H23NS2/c1-16-13-18-9-10-22-25(27(18)30-16)24-23(31-22)11-12-29-26(24)19-14-17-7-5-6-8-20(17)21(15-19)28(2,3)4/h5-15H,1-4H3. The van der Waals surface area contributed by atoms with Gasteiger partial charge in [0.05, 0.1) is 5.69 Å². The van der Waals surface area contributed by atoms with E-state index in [-0.39, 0.29) is 5.41 Å². The molecule has 0 aliphatic heterocycles. The van der Waals surface area contributed by atoms with Crippen LogP contribution in [0.3, 0.4) is 0 Å². The Bertz CT molecular complexity index is 1630. The third kappa shape index (κ3) is 2.91. The maximum absolute atomic E-state index is 4.95. The fourth-order valence-corrected chi connectivity index (χ4v) is 6.95. The van der Waals surface area contributed by atoms with E-state index in [4.69, 9.17) is 4.98 Å². The maximum atomic E-state index is 4.95. The van der Waals surface area contributed by atoms with Crippen molar-refractivity contribution in [3.05, 3.63) is 77.3 Å². The third-order valence-electron chi connectivity index (χ3n) is 6.10. The van der Waals surface area contributed by atoms with Gasteiger partial charge in [-0.05, 0) is 64.4 Å². The van der Waals surface area contributed by atoms with Crippen molar-refractivity contribution in [2.75, 3.05) is 0 Å². The molecule has 3 heteroatoms. The van der Waals surface area contributed by atoms with Gasteiger partial charge in [-0.2, -0.15) is 0 Å². The molecule has 0 fully saturated rings. The number of thiophene rings is 2. The third-order valence-corrected chi connectivity index (χ3v) is 8.30. The highest BCUT2D eigenvalue weighted by molar-refractivity contribution is 7.27. The molecule has 0 unspecified atom stereocenters. The van der Waals surface area contributed by atoms with Crippen LogP contribution in [0.15, 0.2) is 66.9 Å². The van der Waals surface area contributed by atoms with Crippen molar-refractivity contribution >= 4 is 63.7 Å². The molecule has 0 radical (unpaired) electrons. The summed E-state index contributed by atoms with van der Waals surface area (Å²) in [6, 6.07) is 22.4. The molecule has 0 aliphatic carbocycles. The lowest BCUT2D eigenvalue weighted by Crippen LogP contribution is -2.12. The summed E-state index contributed by atoms with van der Waals surface area (Å²) in [6.07, 6.45) is 1.97. The van der Waals surface area contributed by atoms with Crippen LogP contribution in [0.5, 0.6) is 0 Å². The Labute approximate surface area is 190 Å². The van der Waals surface area contributed by atoms with Crippen LogP contribution >= 0.6 is 22.7 Å². The molecule has 6 rings (SSSR count). The van der Waals surface area contributed by atoms with E-state index in [1.165, 1.54) is 57.0 Å². The summed E-state index contributed by atoms with van der Waals surface area (Å²) in [5.41, 5.74) is 3.73. The van der Waals surface area contributed by atoms with Crippen molar-refractivity contribution in [1.82, 2.24) is 4.98 Å². The van der Waals surface area contributed by atoms with Crippen LogP contribution in [-0.4, -0.2) is 4.98 Å². The van der Waals surface area contributed by atoms with Crippen molar-refractivity contribution in [2.45, 2.75) is 33.1 Å². The van der Waals surface area contributed by atoms with Gasteiger partial charge >= 0.3 is 0 Å². The molecular weight excluding hydrogens is 414 g/mol. The molecule has 6 aromatic rings. The van der Waals surface area contributed by atoms with Gasteiger partial charge in [0.1, 0.15) is 0 Å². The predicted octanol–water partition coefficient (Wildman–Crippen LogP) is 9.09. The second-order valence-corrected chi connectivity index (χ2v) is 11.7. The minimum atomic E-state index is 0.0539. The van der Waals surface area contributed by atoms with E-state index in [1.807, 2.05) is 28.9 Å². The number of aryl methyl sites for hydroxylation is 1. The first kappa shape index (κ1) is 19.0. The molecule has 0 atom stereocenters. The quantitative estimate of drug-likeness (QED) is 0.250. The molecule has 3 aromatic carbocycles. The lowest BCUT2D eigenvalue weighted by molar-refractivity contribution is 0.596. The molecule has 3 aromatic heterocycles. The van der Waals surface area contributed by atoms with Crippen LogP contribution in [0.1, 0.15) is 31.2 Å². The fraction of sp³-hybridized carbons (Fsp3) is 0.179. The molecule has 152 valence electrons. The van der Waals surface area contributed by atoms with Crippen molar-refractivity contribution in [1.29, 1.82) is 0 Å². The summed E-state index contributed by atoms with van der Waals surface area (Å²) in [6.45, 7) is 9.09. The Morgan fingerprint density at radius 2 is 1.58 bits per heavy atom. The molecule has 0 N–H and O–H groups in total. The molecule has 0 saturated carbocycles. The van der Waals surface area contributed by atoms with Crippen molar-refractivity contribution < 1.29 is 0 Å². The monoisotopic (exact) mass is 437 g/mol. The molecule has 0 bridgehead atoms. The Balaban J connectivity index is 1.76. The van der Waals surface area contributed by atoms with Crippen molar-refractivity contribution in [3.63, 3.8) is 0 Å². The number of aromatic nitrogens is 1. The first-order valence-electron chi connectivity index (χ1n) is 10.6. The Morgan fingerprint density at radius 1 is 0.774 bits per heavy atom. The topological polar surface area (TPSA) is 12.9 Å². The summed E-state index contributed by atoms with van der Waals surface area (Å²) in [5.74, 6) is 0. The fourth-order valence-electron chi connectivity index (χ4n) is 4.71. The van der Waals surface area contributed by atoms with Crippen molar-refractivity contribution in [2.24, 2.45) is 0 Å². The van der Waals surface area contributed by atoms with Crippen LogP contribution in [0.2, 0.25) is 0 Å². The van der Waals surface area contributed by atoms with Crippen LogP contribution in [0.4, 0.5) is 0 Å². The number of pyridine rings is 1. The van der Waals surface area contributed by atoms with Gasteiger partial charge in [-0.25, -0.2) is 0 Å². The summed E-state index contributed by atoms with van der Waals surface area (Å²) >= 11 is 3.77. The highest BCUT2D eigenvalue weighted by Crippen LogP contribution is 2.45. The largest absolute Gasteiger partial charge is 0.256 e. The van der Waals surface area contributed by atoms with E-state index in [9.17, 15) is 0 Å². The van der Waals surface area contributed by atoms with E-state index in [2.05, 4.69) is 88.4 Å². The van der Waals surface area contributed by atoms with E-state index >= 15 is 0 Å². The predicted molar refractivity (Wildman–Crippen MR) is 139 cm³/mol. The molecule has 3 heterocycles. The number of nitrogens with zero attached hydrogens (tertiary/aromatic N) is 1. The minimum absolute atomic E-state index is 0.0539. The molecule has 0 amide bonds. The lowest BCUT2D eigenvalue weighted by atomic mass is 9.82. The first-order valence-corrected chi connectivity index (χ1v) is 12.3. The van der Waals surface area contributed by atoms with Gasteiger partial charge in [-0.3, -0.25) is 4.98 Å². The van der Waals surface area contributed by atoms with E-state index < -0.39 is 0 Å². The molecule has 1 nitrogen and oxygen atoms in total. The SMILES string of the molecule is Cc1cc2ccc3sc4ccnc(-c5cc(C(C)(C)C)c6ccccc6c5)c4c3c2s1. The van der Waals surface area contributed by atoms with Gasteiger partial charge in [-0.15, -0.1) is 22.7 Å². The smallest absolute Gasteiger partial charge is 0.0795 e. The molecule has 0 aliphatic rings. The van der Waals surface area contributed by atoms with Gasteiger partial charge in [0.25, 0.3) is 0 Å². The zero-order chi connectivity index (χ0) is 21.3. The Hall–Kier alpha value is -2.75. The minimum Gasteiger partial charge on any atom is -0.256 e. The highest BCUT2D eigenvalue weighted by atomic mass is 32.1. The second kappa shape index (κ2) is 6.62. The van der Waals surface area contributed by atoms with Gasteiger partial charge in [0, 0.05) is 41.5 Å². The number of hydrogen-bond acceptors (Lipinski definition) is 3. The van der Waals surface area contributed by atoms with Crippen molar-refractivity contribution in [3.8, 4) is 11.3 Å². The van der Waals surface area contributed by atoms with Crippen LogP contribution in [0.25, 0.3) is 52.3 Å². The zero-order valence-corrected chi connectivity index (χ0v) is 19.7. The molecular formula is C28H23NS2. The second-order valence-electron chi connectivity index (χ2n) is 9.34. The summed E-state index contributed by atoms with van der Waals surface area (Å²) in [7, 11) is 0. The van der Waals surface area contributed by atoms with Gasteiger partial charge in [-0.1, -0.05) is 51.1 Å². The van der Waals surface area contributed by atoms with Gasteiger partial charge < -0.3 is 0 Å². The summed E-state index contributed by atoms with van der Waals surface area (Å²) in [5, 5.41) is 6.60. The van der Waals surface area contributed by atoms with Gasteiger partial charge in [0.2, 0.25) is 0 Å². The molecule has 0 saturated heterocycles. The van der Waals surface area contributed by atoms with E-state index in [1.54, 1.807) is 0 Å². The summed E-state index contributed by atoms with van der Waals surface area (Å²) in [4.78, 5) is 6.31. The van der Waals surface area contributed by atoms with Crippen LogP contribution in [0, 0.1) is 6.92 Å². The first-order chi connectivity index (χ1) is 14.9.